The van der Waals surface area contributed by atoms with Gasteiger partial charge in [0, 0.05) is 19.1 Å². The number of methoxy groups -OCH3 is 2. The van der Waals surface area contributed by atoms with Gasteiger partial charge in [-0.1, -0.05) is 6.07 Å². The fraction of sp³-hybridized carbons (Fsp3) is 0.650. The third-order valence-electron chi connectivity index (χ3n) is 5.64. The van der Waals surface area contributed by atoms with Crippen LogP contribution in [0.25, 0.3) is 0 Å². The minimum absolute atomic E-state index is 0.132. The summed E-state index contributed by atoms with van der Waals surface area (Å²) in [5, 5.41) is 3.34. The van der Waals surface area contributed by atoms with E-state index >= 15 is 0 Å². The van der Waals surface area contributed by atoms with E-state index in [4.69, 9.17) is 9.47 Å². The molecule has 2 saturated heterocycles. The van der Waals surface area contributed by atoms with Gasteiger partial charge in [0.2, 0.25) is 5.91 Å². The first-order valence-corrected chi connectivity index (χ1v) is 9.57. The van der Waals surface area contributed by atoms with E-state index in [-0.39, 0.29) is 11.9 Å². The molecule has 6 nitrogen and oxygen atoms in total. The van der Waals surface area contributed by atoms with Crippen molar-refractivity contribution in [2.75, 3.05) is 47.4 Å². The maximum Gasteiger partial charge on any atom is 0.237 e. The number of carbonyl (C=O) groups excluding carboxylic acids is 1. The molecular weight excluding hydrogens is 330 g/mol. The topological polar surface area (TPSA) is 54.0 Å². The number of hydrogen-bond donors (Lipinski definition) is 1. The predicted octanol–water partition coefficient (Wildman–Crippen LogP) is 2.05. The fourth-order valence-electron chi connectivity index (χ4n) is 4.19. The summed E-state index contributed by atoms with van der Waals surface area (Å²) in [4.78, 5) is 17.3. The lowest BCUT2D eigenvalue weighted by Gasteiger charge is -2.34. The summed E-state index contributed by atoms with van der Waals surface area (Å²) in [6.07, 6.45) is 4.39. The molecule has 0 saturated carbocycles. The van der Waals surface area contributed by atoms with E-state index in [1.165, 1.54) is 6.42 Å². The Kier molecular flexibility index (Phi) is 6.38. The van der Waals surface area contributed by atoms with E-state index in [0.717, 1.165) is 56.0 Å². The number of likely N-dealkylation sites (tertiary alicyclic amines) is 2. The van der Waals surface area contributed by atoms with E-state index < -0.39 is 0 Å². The van der Waals surface area contributed by atoms with Crippen molar-refractivity contribution in [1.29, 1.82) is 0 Å². The Balaban J connectivity index is 1.68. The van der Waals surface area contributed by atoms with E-state index in [2.05, 4.69) is 16.3 Å². The van der Waals surface area contributed by atoms with Gasteiger partial charge in [0.1, 0.15) is 0 Å². The second kappa shape index (κ2) is 8.73. The minimum atomic E-state index is 0.132. The fourth-order valence-corrected chi connectivity index (χ4v) is 4.19. The first-order valence-electron chi connectivity index (χ1n) is 9.57. The summed E-state index contributed by atoms with van der Waals surface area (Å²) in [6.45, 7) is 3.32. The predicted molar refractivity (Wildman–Crippen MR) is 102 cm³/mol. The van der Waals surface area contributed by atoms with Gasteiger partial charge < -0.3 is 19.7 Å². The molecule has 2 atom stereocenters. The summed E-state index contributed by atoms with van der Waals surface area (Å²) < 4.78 is 10.8. The zero-order chi connectivity index (χ0) is 18.5. The molecule has 2 fully saturated rings. The SMILES string of the molecule is CNC1CCCN(CC(=O)N2CCCC2c2ccc(OC)c(OC)c2)C1. The molecule has 0 radical (unpaired) electrons. The zero-order valence-electron chi connectivity index (χ0n) is 16.2. The molecule has 1 aromatic rings. The molecule has 144 valence electrons. The van der Waals surface area contributed by atoms with Crippen LogP contribution >= 0.6 is 0 Å². The first kappa shape index (κ1) is 19.0. The molecule has 3 rings (SSSR count). The third kappa shape index (κ3) is 4.13. The van der Waals surface area contributed by atoms with Crippen molar-refractivity contribution in [3.05, 3.63) is 23.8 Å². The van der Waals surface area contributed by atoms with Crippen LogP contribution in [0.5, 0.6) is 11.5 Å². The number of nitrogens with zero attached hydrogens (tertiary/aromatic N) is 2. The number of rotatable bonds is 6. The quantitative estimate of drug-likeness (QED) is 0.840. The highest BCUT2D eigenvalue weighted by atomic mass is 16.5. The molecule has 2 aliphatic rings. The monoisotopic (exact) mass is 361 g/mol. The lowest BCUT2D eigenvalue weighted by atomic mass is 10.0. The van der Waals surface area contributed by atoms with Crippen molar-refractivity contribution in [3.8, 4) is 11.5 Å². The summed E-state index contributed by atoms with van der Waals surface area (Å²) >= 11 is 0. The number of amides is 1. The van der Waals surface area contributed by atoms with Crippen LogP contribution in [0, 0.1) is 0 Å². The smallest absolute Gasteiger partial charge is 0.237 e. The molecule has 6 heteroatoms. The van der Waals surface area contributed by atoms with Gasteiger partial charge in [-0.25, -0.2) is 0 Å². The summed E-state index contributed by atoms with van der Waals surface area (Å²) in [5.74, 6) is 1.68. The van der Waals surface area contributed by atoms with E-state index in [1.807, 2.05) is 24.1 Å². The van der Waals surface area contributed by atoms with Crippen molar-refractivity contribution in [2.45, 2.75) is 37.8 Å². The average Bonchev–Trinajstić information content (AvgIpc) is 3.17. The number of hydrogen-bond acceptors (Lipinski definition) is 5. The number of piperidine rings is 1. The van der Waals surface area contributed by atoms with Crippen LogP contribution in [0.15, 0.2) is 18.2 Å². The Bertz CT molecular complexity index is 622. The molecule has 2 heterocycles. The molecule has 0 aliphatic carbocycles. The van der Waals surface area contributed by atoms with E-state index in [0.29, 0.717) is 12.6 Å². The number of nitrogens with one attached hydrogen (secondary N) is 1. The highest BCUT2D eigenvalue weighted by Gasteiger charge is 2.32. The molecule has 1 aromatic carbocycles. The maximum absolute atomic E-state index is 13.0. The lowest BCUT2D eigenvalue weighted by Crippen LogP contribution is -2.48. The Hall–Kier alpha value is -1.79. The van der Waals surface area contributed by atoms with Crippen LogP contribution in [-0.2, 0) is 4.79 Å². The lowest BCUT2D eigenvalue weighted by molar-refractivity contribution is -0.133. The van der Waals surface area contributed by atoms with Crippen LogP contribution in [0.2, 0.25) is 0 Å². The Labute approximate surface area is 156 Å². The van der Waals surface area contributed by atoms with Gasteiger partial charge in [0.25, 0.3) is 0 Å². The van der Waals surface area contributed by atoms with Gasteiger partial charge in [-0.05, 0) is 57.0 Å². The number of carbonyl (C=O) groups is 1. The van der Waals surface area contributed by atoms with Crippen LogP contribution < -0.4 is 14.8 Å². The van der Waals surface area contributed by atoms with Gasteiger partial charge >= 0.3 is 0 Å². The van der Waals surface area contributed by atoms with Crippen LogP contribution in [-0.4, -0.2) is 69.2 Å². The molecule has 0 spiro atoms. The van der Waals surface area contributed by atoms with Gasteiger partial charge in [-0.15, -0.1) is 0 Å². The number of likely N-dealkylation sites (N-methyl/N-ethyl adjacent to an activating group) is 1. The van der Waals surface area contributed by atoms with Crippen molar-refractivity contribution >= 4 is 5.91 Å². The van der Waals surface area contributed by atoms with Gasteiger partial charge in [-0.2, -0.15) is 0 Å². The van der Waals surface area contributed by atoms with E-state index in [9.17, 15) is 4.79 Å². The Morgan fingerprint density at radius 1 is 1.15 bits per heavy atom. The van der Waals surface area contributed by atoms with Crippen LogP contribution in [0.4, 0.5) is 0 Å². The molecule has 0 bridgehead atoms. The van der Waals surface area contributed by atoms with Crippen molar-refractivity contribution in [1.82, 2.24) is 15.1 Å². The molecule has 2 unspecified atom stereocenters. The zero-order valence-corrected chi connectivity index (χ0v) is 16.2. The minimum Gasteiger partial charge on any atom is -0.493 e. The highest BCUT2D eigenvalue weighted by molar-refractivity contribution is 5.79. The Morgan fingerprint density at radius 3 is 2.65 bits per heavy atom. The standard InChI is InChI=1S/C20H31N3O3/c1-21-16-6-4-10-22(13-16)14-20(24)23-11-5-7-17(23)15-8-9-18(25-2)19(12-15)26-3/h8-9,12,16-17,21H,4-7,10-11,13-14H2,1-3H3. The van der Waals surface area contributed by atoms with Gasteiger partial charge in [0.05, 0.1) is 26.8 Å². The number of benzene rings is 1. The second-order valence-electron chi connectivity index (χ2n) is 7.22. The maximum atomic E-state index is 13.0. The first-order chi connectivity index (χ1) is 12.7. The largest absolute Gasteiger partial charge is 0.493 e. The van der Waals surface area contributed by atoms with Gasteiger partial charge in [0.15, 0.2) is 11.5 Å². The second-order valence-corrected chi connectivity index (χ2v) is 7.22. The average molecular weight is 361 g/mol. The van der Waals surface area contributed by atoms with Gasteiger partial charge in [-0.3, -0.25) is 9.69 Å². The molecule has 1 N–H and O–H groups in total. The highest BCUT2D eigenvalue weighted by Crippen LogP contribution is 2.37. The van der Waals surface area contributed by atoms with Crippen molar-refractivity contribution < 1.29 is 14.3 Å². The molecule has 26 heavy (non-hydrogen) atoms. The molecular formula is C20H31N3O3. The normalized spacial score (nSPS) is 23.9. The van der Waals surface area contributed by atoms with E-state index in [1.54, 1.807) is 14.2 Å². The molecule has 1 amide bonds. The summed E-state index contributed by atoms with van der Waals surface area (Å²) in [6, 6.07) is 6.61. The van der Waals surface area contributed by atoms with Crippen molar-refractivity contribution in [2.24, 2.45) is 0 Å². The van der Waals surface area contributed by atoms with Crippen LogP contribution in [0.3, 0.4) is 0 Å². The third-order valence-corrected chi connectivity index (χ3v) is 5.64. The molecule has 2 aliphatic heterocycles. The number of ether oxygens (including phenoxy) is 2. The Morgan fingerprint density at radius 2 is 1.92 bits per heavy atom. The summed E-state index contributed by atoms with van der Waals surface area (Å²) in [5.41, 5.74) is 1.13. The summed E-state index contributed by atoms with van der Waals surface area (Å²) in [7, 11) is 5.29. The van der Waals surface area contributed by atoms with Crippen molar-refractivity contribution in [3.63, 3.8) is 0 Å². The molecule has 0 aromatic heterocycles. The van der Waals surface area contributed by atoms with Crippen LogP contribution in [0.1, 0.15) is 37.3 Å².